The quantitative estimate of drug-likeness (QED) is 0.823. The Kier molecular flexibility index (Phi) is 3.35. The molecule has 2 saturated carbocycles. The van der Waals surface area contributed by atoms with Gasteiger partial charge in [0.15, 0.2) is 0 Å². The molecule has 0 amide bonds. The third-order valence-electron chi connectivity index (χ3n) is 6.77. The van der Waals surface area contributed by atoms with Gasteiger partial charge in [0, 0.05) is 12.6 Å². The smallest absolute Gasteiger partial charge is 0.0124 e. The molecule has 0 radical (unpaired) electrons. The van der Waals surface area contributed by atoms with E-state index in [9.17, 15) is 0 Å². The molecule has 1 spiro atoms. The van der Waals surface area contributed by atoms with Crippen molar-refractivity contribution >= 4 is 0 Å². The van der Waals surface area contributed by atoms with Crippen LogP contribution in [0.25, 0.3) is 0 Å². The van der Waals surface area contributed by atoms with Gasteiger partial charge < -0.3 is 5.32 Å². The van der Waals surface area contributed by atoms with Crippen LogP contribution in [0, 0.1) is 17.3 Å². The first-order valence-electron chi connectivity index (χ1n) is 8.82. The number of fused-ring (bicyclic) bond motifs is 1. The lowest BCUT2D eigenvalue weighted by Gasteiger charge is -2.44. The number of nitrogens with zero attached hydrogens (tertiary/aromatic N) is 1. The summed E-state index contributed by atoms with van der Waals surface area (Å²) in [6.07, 6.45) is 13.5. The van der Waals surface area contributed by atoms with E-state index in [4.69, 9.17) is 0 Å². The summed E-state index contributed by atoms with van der Waals surface area (Å²) in [5, 5.41) is 3.54. The second-order valence-electron chi connectivity index (χ2n) is 7.76. The highest BCUT2D eigenvalue weighted by molar-refractivity contribution is 5.06. The van der Waals surface area contributed by atoms with Crippen molar-refractivity contribution in [3.05, 3.63) is 0 Å². The maximum absolute atomic E-state index is 3.54. The van der Waals surface area contributed by atoms with Crippen molar-refractivity contribution in [2.24, 2.45) is 17.3 Å². The van der Waals surface area contributed by atoms with Crippen molar-refractivity contribution < 1.29 is 0 Å². The minimum absolute atomic E-state index is 0.785. The molecule has 4 aliphatic rings. The summed E-state index contributed by atoms with van der Waals surface area (Å²) in [6.45, 7) is 5.41. The summed E-state index contributed by atoms with van der Waals surface area (Å²) in [7, 11) is 0. The van der Waals surface area contributed by atoms with E-state index < -0.39 is 0 Å². The van der Waals surface area contributed by atoms with Crippen LogP contribution in [0.5, 0.6) is 0 Å². The van der Waals surface area contributed by atoms with Gasteiger partial charge in [0.25, 0.3) is 0 Å². The van der Waals surface area contributed by atoms with E-state index in [1.54, 1.807) is 6.42 Å². The van der Waals surface area contributed by atoms with Gasteiger partial charge in [0.1, 0.15) is 0 Å². The maximum Gasteiger partial charge on any atom is 0.0124 e. The molecule has 2 aliphatic heterocycles. The molecule has 2 heteroatoms. The maximum atomic E-state index is 3.54. The zero-order valence-corrected chi connectivity index (χ0v) is 12.4. The van der Waals surface area contributed by atoms with Gasteiger partial charge in [-0.15, -0.1) is 0 Å². The van der Waals surface area contributed by atoms with E-state index in [2.05, 4.69) is 10.2 Å². The van der Waals surface area contributed by atoms with Gasteiger partial charge in [-0.3, -0.25) is 4.90 Å². The lowest BCUT2D eigenvalue weighted by molar-refractivity contribution is 0.0525. The molecule has 2 saturated heterocycles. The number of hydrogen-bond acceptors (Lipinski definition) is 2. The van der Waals surface area contributed by atoms with Gasteiger partial charge in [-0.25, -0.2) is 0 Å². The summed E-state index contributed by atoms with van der Waals surface area (Å²) < 4.78 is 0. The number of piperidine rings is 2. The van der Waals surface area contributed by atoms with E-state index in [-0.39, 0.29) is 0 Å². The van der Waals surface area contributed by atoms with Crippen LogP contribution in [0.2, 0.25) is 0 Å². The van der Waals surface area contributed by atoms with Crippen LogP contribution in [0.3, 0.4) is 0 Å². The molecular formula is C17H30N2. The zero-order valence-electron chi connectivity index (χ0n) is 12.4. The van der Waals surface area contributed by atoms with E-state index in [1.807, 2.05) is 0 Å². The lowest BCUT2D eigenvalue weighted by Crippen LogP contribution is -2.48. The Balaban J connectivity index is 1.37. The molecule has 19 heavy (non-hydrogen) atoms. The van der Waals surface area contributed by atoms with Crippen LogP contribution in [-0.2, 0) is 0 Å². The number of hydrogen-bond donors (Lipinski definition) is 1. The van der Waals surface area contributed by atoms with Gasteiger partial charge in [0.2, 0.25) is 0 Å². The van der Waals surface area contributed by atoms with Crippen LogP contribution in [0.15, 0.2) is 0 Å². The lowest BCUT2D eigenvalue weighted by atomic mass is 9.78. The Bertz CT molecular complexity index is 319. The molecule has 0 aromatic rings. The first-order valence-corrected chi connectivity index (χ1v) is 8.82. The second-order valence-corrected chi connectivity index (χ2v) is 7.76. The van der Waals surface area contributed by atoms with Gasteiger partial charge >= 0.3 is 0 Å². The first kappa shape index (κ1) is 12.6. The van der Waals surface area contributed by atoms with Gasteiger partial charge in [-0.05, 0) is 81.8 Å². The Labute approximate surface area is 118 Å². The van der Waals surface area contributed by atoms with Crippen molar-refractivity contribution in [3.8, 4) is 0 Å². The molecular weight excluding hydrogens is 232 g/mol. The predicted molar refractivity (Wildman–Crippen MR) is 79.2 cm³/mol. The average molecular weight is 262 g/mol. The molecule has 2 heterocycles. The van der Waals surface area contributed by atoms with Crippen molar-refractivity contribution in [2.45, 2.75) is 63.8 Å². The molecule has 2 nitrogen and oxygen atoms in total. The molecule has 0 aromatic carbocycles. The van der Waals surface area contributed by atoms with E-state index in [0.717, 1.165) is 23.3 Å². The molecule has 0 aromatic heterocycles. The van der Waals surface area contributed by atoms with E-state index in [1.165, 1.54) is 77.5 Å². The Morgan fingerprint density at radius 3 is 2.68 bits per heavy atom. The topological polar surface area (TPSA) is 15.3 Å². The number of likely N-dealkylation sites (tertiary alicyclic amines) is 1. The van der Waals surface area contributed by atoms with Crippen LogP contribution in [0.1, 0.15) is 57.8 Å². The van der Waals surface area contributed by atoms with Crippen molar-refractivity contribution in [2.75, 3.05) is 26.2 Å². The Hall–Kier alpha value is -0.0800. The van der Waals surface area contributed by atoms with E-state index in [0.29, 0.717) is 0 Å². The van der Waals surface area contributed by atoms with E-state index >= 15 is 0 Å². The van der Waals surface area contributed by atoms with Crippen molar-refractivity contribution in [3.63, 3.8) is 0 Å². The van der Waals surface area contributed by atoms with Crippen molar-refractivity contribution in [1.82, 2.24) is 10.2 Å². The minimum atomic E-state index is 0.785. The monoisotopic (exact) mass is 262 g/mol. The van der Waals surface area contributed by atoms with Crippen LogP contribution in [-0.4, -0.2) is 37.1 Å². The molecule has 3 atom stereocenters. The molecule has 1 unspecified atom stereocenters. The van der Waals surface area contributed by atoms with Gasteiger partial charge in [0.05, 0.1) is 0 Å². The fourth-order valence-corrected chi connectivity index (χ4v) is 5.46. The predicted octanol–water partition coefficient (Wildman–Crippen LogP) is 3.03. The number of nitrogens with one attached hydrogen (secondary N) is 1. The summed E-state index contributed by atoms with van der Waals surface area (Å²) in [5.41, 5.74) is 0.785. The SMILES string of the molecule is C1CC[C@@H]2[C@H](C1)CCCN2CC1CC12CCNCC2. The normalized spacial score (nSPS) is 42.0. The Morgan fingerprint density at radius 1 is 1.00 bits per heavy atom. The van der Waals surface area contributed by atoms with Crippen molar-refractivity contribution in [1.29, 1.82) is 0 Å². The van der Waals surface area contributed by atoms with Crippen LogP contribution in [0.4, 0.5) is 0 Å². The molecule has 4 rings (SSSR count). The molecule has 2 aliphatic carbocycles. The van der Waals surface area contributed by atoms with Crippen LogP contribution >= 0.6 is 0 Å². The first-order chi connectivity index (χ1) is 9.37. The Morgan fingerprint density at radius 2 is 1.79 bits per heavy atom. The highest BCUT2D eigenvalue weighted by Crippen LogP contribution is 2.59. The molecule has 1 N–H and O–H groups in total. The summed E-state index contributed by atoms with van der Waals surface area (Å²) in [5.74, 6) is 2.11. The minimum Gasteiger partial charge on any atom is -0.317 e. The second kappa shape index (κ2) is 5.04. The zero-order chi connectivity index (χ0) is 12.7. The summed E-state index contributed by atoms with van der Waals surface area (Å²) >= 11 is 0. The fraction of sp³-hybridized carbons (Fsp3) is 1.00. The molecule has 108 valence electrons. The van der Waals surface area contributed by atoms with Gasteiger partial charge in [-0.2, -0.15) is 0 Å². The number of rotatable bonds is 2. The van der Waals surface area contributed by atoms with Crippen LogP contribution < -0.4 is 5.32 Å². The average Bonchev–Trinajstić information content (AvgIpc) is 3.11. The summed E-state index contributed by atoms with van der Waals surface area (Å²) in [4.78, 5) is 2.93. The fourth-order valence-electron chi connectivity index (χ4n) is 5.46. The molecule has 0 bridgehead atoms. The highest BCUT2D eigenvalue weighted by Gasteiger charge is 2.54. The standard InChI is InChI=1S/C17H30N2/c1-2-6-16-14(4-1)5-3-11-19(16)13-15-12-17(15)7-9-18-10-8-17/h14-16,18H,1-13H2/t14-,15?,16-/m1/s1. The third kappa shape index (κ3) is 2.35. The highest BCUT2D eigenvalue weighted by atomic mass is 15.2. The third-order valence-corrected chi connectivity index (χ3v) is 6.77. The largest absolute Gasteiger partial charge is 0.317 e. The van der Waals surface area contributed by atoms with Gasteiger partial charge in [-0.1, -0.05) is 12.8 Å². The summed E-state index contributed by atoms with van der Waals surface area (Å²) in [6, 6.07) is 0.974. The molecule has 4 fully saturated rings.